The highest BCUT2D eigenvalue weighted by molar-refractivity contribution is 6.03. The summed E-state index contributed by atoms with van der Waals surface area (Å²) in [7, 11) is 1.58. The minimum absolute atomic E-state index is 0.00556. The lowest BCUT2D eigenvalue weighted by atomic mass is 9.35. The van der Waals surface area contributed by atoms with Gasteiger partial charge in [-0.2, -0.15) is 0 Å². The number of methoxy groups -OCH3 is 1. The number of fused-ring (bicyclic) bond motifs is 2. The van der Waals surface area contributed by atoms with E-state index >= 15 is 0 Å². The van der Waals surface area contributed by atoms with E-state index in [-0.39, 0.29) is 34.9 Å². The van der Waals surface area contributed by atoms with Gasteiger partial charge in [-0.05, 0) is 86.1 Å². The van der Waals surface area contributed by atoms with Crippen molar-refractivity contribution in [3.8, 4) is 5.75 Å². The summed E-state index contributed by atoms with van der Waals surface area (Å²) in [5.41, 5.74) is -0.637. The molecule has 6 heteroatoms. The van der Waals surface area contributed by atoms with Crippen LogP contribution in [0.5, 0.6) is 5.75 Å². The first-order valence-corrected chi connectivity index (χ1v) is 12.5. The first-order valence-electron chi connectivity index (χ1n) is 12.5. The zero-order valence-corrected chi connectivity index (χ0v) is 19.9. The Kier molecular flexibility index (Phi) is 4.62. The Morgan fingerprint density at radius 2 is 1.82 bits per heavy atom. The van der Waals surface area contributed by atoms with Crippen molar-refractivity contribution in [2.24, 2.45) is 34.0 Å². The van der Waals surface area contributed by atoms with Gasteiger partial charge in [-0.15, -0.1) is 0 Å². The predicted molar refractivity (Wildman–Crippen MR) is 123 cm³/mol. The maximum absolute atomic E-state index is 13.9. The molecule has 2 unspecified atom stereocenters. The minimum atomic E-state index is -0.890. The molecule has 1 heterocycles. The summed E-state index contributed by atoms with van der Waals surface area (Å²) in [6, 6.07) is 6.84. The first-order chi connectivity index (χ1) is 16.3. The van der Waals surface area contributed by atoms with Crippen LogP contribution in [0.1, 0.15) is 62.2 Å². The minimum Gasteiger partial charge on any atom is -0.497 e. The molecule has 1 aromatic rings. The summed E-state index contributed by atoms with van der Waals surface area (Å²) in [6.07, 6.45) is 4.89. The molecule has 1 aromatic carbocycles. The van der Waals surface area contributed by atoms with Gasteiger partial charge in [-0.1, -0.05) is 19.9 Å². The van der Waals surface area contributed by atoms with E-state index in [0.717, 1.165) is 32.1 Å². The molecule has 7 rings (SSSR count). The molecule has 0 N–H and O–H groups in total. The highest BCUT2D eigenvalue weighted by Crippen LogP contribution is 2.73. The quantitative estimate of drug-likeness (QED) is 0.484. The molecule has 7 atom stereocenters. The molecule has 0 aromatic heterocycles. The summed E-state index contributed by atoms with van der Waals surface area (Å²) < 4.78 is 17.3. The maximum atomic E-state index is 13.9. The van der Waals surface area contributed by atoms with Crippen LogP contribution >= 0.6 is 0 Å². The Balaban J connectivity index is 1.44. The smallest absolute Gasteiger partial charge is 0.338 e. The Bertz CT molecular complexity index is 1090. The summed E-state index contributed by atoms with van der Waals surface area (Å²) >= 11 is 0. The van der Waals surface area contributed by atoms with Crippen molar-refractivity contribution in [2.75, 3.05) is 13.7 Å². The zero-order valence-electron chi connectivity index (χ0n) is 19.9. The fourth-order valence-corrected chi connectivity index (χ4v) is 8.57. The lowest BCUT2D eigenvalue weighted by Crippen LogP contribution is -2.73. The summed E-state index contributed by atoms with van der Waals surface area (Å²) in [5, 5.41) is 0. The van der Waals surface area contributed by atoms with Gasteiger partial charge in [0.1, 0.15) is 11.9 Å². The number of benzene rings is 1. The van der Waals surface area contributed by atoms with Gasteiger partial charge in [-0.25, -0.2) is 4.79 Å². The molecular formula is C28H32O6. The van der Waals surface area contributed by atoms with Crippen molar-refractivity contribution in [3.05, 3.63) is 42.0 Å². The maximum Gasteiger partial charge on any atom is 0.338 e. The molecule has 6 aliphatic rings. The molecule has 5 saturated carbocycles. The Morgan fingerprint density at radius 1 is 1.06 bits per heavy atom. The second kappa shape index (κ2) is 7.19. The number of ether oxygens (including phenoxy) is 3. The summed E-state index contributed by atoms with van der Waals surface area (Å²) in [5.74, 6) is 0.0745. The van der Waals surface area contributed by atoms with Gasteiger partial charge in [0.15, 0.2) is 5.78 Å². The molecule has 5 aliphatic carbocycles. The van der Waals surface area contributed by atoms with Gasteiger partial charge in [0.25, 0.3) is 0 Å². The molecular weight excluding hydrogens is 432 g/mol. The lowest BCUT2D eigenvalue weighted by molar-refractivity contribution is -0.254. The number of carbonyl (C=O) groups is 3. The number of hydrogen-bond donors (Lipinski definition) is 0. The molecule has 1 aliphatic heterocycles. The van der Waals surface area contributed by atoms with E-state index < -0.39 is 22.9 Å². The number of esters is 2. The Morgan fingerprint density at radius 3 is 2.56 bits per heavy atom. The second-order valence-electron chi connectivity index (χ2n) is 11.5. The summed E-state index contributed by atoms with van der Waals surface area (Å²) in [4.78, 5) is 40.8. The van der Waals surface area contributed by atoms with Crippen LogP contribution < -0.4 is 4.74 Å². The fraction of sp³-hybridized carbons (Fsp3) is 0.607. The van der Waals surface area contributed by atoms with E-state index in [0.29, 0.717) is 36.3 Å². The third kappa shape index (κ3) is 2.60. The zero-order chi connectivity index (χ0) is 23.9. The topological polar surface area (TPSA) is 78.9 Å². The third-order valence-corrected chi connectivity index (χ3v) is 10.2. The average Bonchev–Trinajstić information content (AvgIpc) is 2.85. The van der Waals surface area contributed by atoms with Crippen LogP contribution in [0.15, 0.2) is 36.4 Å². The normalized spacial score (nSPS) is 42.4. The largest absolute Gasteiger partial charge is 0.497 e. The number of Topliss-reactive ketones (excluding diaryl/α,β-unsaturated/α-hetero) is 1. The van der Waals surface area contributed by atoms with E-state index in [1.807, 2.05) is 0 Å². The van der Waals surface area contributed by atoms with Crippen LogP contribution in [-0.4, -0.2) is 37.5 Å². The van der Waals surface area contributed by atoms with Crippen molar-refractivity contribution >= 4 is 17.7 Å². The van der Waals surface area contributed by atoms with Gasteiger partial charge >= 0.3 is 11.9 Å². The number of cyclic esters (lactones) is 1. The van der Waals surface area contributed by atoms with Gasteiger partial charge in [0.2, 0.25) is 0 Å². The Hall–Kier alpha value is -2.63. The molecule has 0 radical (unpaired) electrons. The highest BCUT2D eigenvalue weighted by Gasteiger charge is 2.76. The highest BCUT2D eigenvalue weighted by atomic mass is 16.5. The molecule has 6 fully saturated rings. The number of hydrogen-bond acceptors (Lipinski definition) is 6. The van der Waals surface area contributed by atoms with Crippen LogP contribution in [0.25, 0.3) is 0 Å². The second-order valence-corrected chi connectivity index (χ2v) is 11.5. The van der Waals surface area contributed by atoms with Crippen LogP contribution in [0, 0.1) is 34.0 Å². The van der Waals surface area contributed by atoms with E-state index in [1.54, 1.807) is 31.4 Å². The SMILES string of the molecule is C=C1C(=O)[C@]23CC[C@H]1CC2[C@@]12CCC[C@@](C)(COC1=O)C2C[C@H]3OC(=O)c1ccc(OC)cc1. The first kappa shape index (κ1) is 21.9. The van der Waals surface area contributed by atoms with Crippen molar-refractivity contribution in [1.82, 2.24) is 0 Å². The predicted octanol–water partition coefficient (Wildman–Crippen LogP) is 4.52. The standard InChI is InChI=1S/C28H32O6/c1-16-18-9-12-28(23(16)29)21(13-18)27-11-4-10-26(2,15-33-25(27)31)20(27)14-22(28)34-24(30)17-5-7-19(32-3)8-6-17/h5-8,18,20-22H,1,4,9-15H2,2-3H3/t18-,20?,21?,22+,26-,27-,28+/m0/s1. The van der Waals surface area contributed by atoms with Gasteiger partial charge in [-0.3, -0.25) is 9.59 Å². The fourth-order valence-electron chi connectivity index (χ4n) is 8.57. The molecule has 1 saturated heterocycles. The molecule has 4 bridgehead atoms. The summed E-state index contributed by atoms with van der Waals surface area (Å²) in [6.45, 7) is 6.76. The monoisotopic (exact) mass is 464 g/mol. The molecule has 0 amide bonds. The van der Waals surface area contributed by atoms with Crippen LogP contribution in [0.3, 0.4) is 0 Å². The molecule has 34 heavy (non-hydrogen) atoms. The van der Waals surface area contributed by atoms with Gasteiger partial charge in [0.05, 0.1) is 30.1 Å². The van der Waals surface area contributed by atoms with E-state index in [4.69, 9.17) is 14.2 Å². The molecule has 6 nitrogen and oxygen atoms in total. The van der Waals surface area contributed by atoms with E-state index in [1.165, 1.54) is 0 Å². The van der Waals surface area contributed by atoms with Crippen LogP contribution in [-0.2, 0) is 19.1 Å². The number of ketones is 1. The Labute approximate surface area is 200 Å². The van der Waals surface area contributed by atoms with Crippen LogP contribution in [0.4, 0.5) is 0 Å². The van der Waals surface area contributed by atoms with Crippen molar-refractivity contribution < 1.29 is 28.6 Å². The molecule has 180 valence electrons. The lowest BCUT2D eigenvalue weighted by Gasteiger charge is -2.69. The van der Waals surface area contributed by atoms with Gasteiger partial charge in [0, 0.05) is 5.41 Å². The van der Waals surface area contributed by atoms with Crippen molar-refractivity contribution in [3.63, 3.8) is 0 Å². The average molecular weight is 465 g/mol. The number of allylic oxidation sites excluding steroid dienone is 1. The number of carbonyl (C=O) groups excluding carboxylic acids is 3. The molecule has 1 spiro atoms. The van der Waals surface area contributed by atoms with Crippen LogP contribution in [0.2, 0.25) is 0 Å². The van der Waals surface area contributed by atoms with Crippen molar-refractivity contribution in [2.45, 2.75) is 58.0 Å². The van der Waals surface area contributed by atoms with E-state index in [2.05, 4.69) is 13.5 Å². The van der Waals surface area contributed by atoms with Gasteiger partial charge < -0.3 is 14.2 Å². The van der Waals surface area contributed by atoms with Crippen molar-refractivity contribution in [1.29, 1.82) is 0 Å². The van der Waals surface area contributed by atoms with E-state index in [9.17, 15) is 14.4 Å². The number of rotatable bonds is 3. The third-order valence-electron chi connectivity index (χ3n) is 10.2.